The molecule has 0 radical (unpaired) electrons. The molecule has 2 aromatic carbocycles. The summed E-state index contributed by atoms with van der Waals surface area (Å²) in [7, 11) is 0. The van der Waals surface area contributed by atoms with E-state index in [2.05, 4.69) is 45.7 Å². The highest BCUT2D eigenvalue weighted by molar-refractivity contribution is 7.14. The van der Waals surface area contributed by atoms with Gasteiger partial charge in [0.15, 0.2) is 5.13 Å². The predicted octanol–water partition coefficient (Wildman–Crippen LogP) is 5.61. The summed E-state index contributed by atoms with van der Waals surface area (Å²) in [6, 6.07) is 17.1. The van der Waals surface area contributed by atoms with E-state index >= 15 is 0 Å². The summed E-state index contributed by atoms with van der Waals surface area (Å²) in [6.07, 6.45) is 4.36. The Kier molecular flexibility index (Phi) is 6.24. The van der Waals surface area contributed by atoms with Crippen LogP contribution in [0.2, 0.25) is 0 Å². The number of anilines is 3. The molecule has 2 aromatic heterocycles. The maximum atomic E-state index is 11.0. The summed E-state index contributed by atoms with van der Waals surface area (Å²) in [5, 5.41) is 18.7. The molecule has 6 nitrogen and oxygen atoms in total. The number of hydrogen-bond donors (Lipinski definition) is 3. The molecule has 0 unspecified atom stereocenters. The number of rotatable bonds is 8. The lowest BCUT2D eigenvalue weighted by Gasteiger charge is -2.12. The van der Waals surface area contributed by atoms with E-state index in [1.54, 1.807) is 29.7 Å². The first-order valence-electron chi connectivity index (χ1n) is 9.88. The number of carboxylic acid groups (broad SMARTS) is 1. The van der Waals surface area contributed by atoms with Crippen LogP contribution in [0.3, 0.4) is 0 Å². The summed E-state index contributed by atoms with van der Waals surface area (Å²) in [5.41, 5.74) is 6.44. The highest BCUT2D eigenvalue weighted by atomic mass is 32.1. The molecule has 0 fully saturated rings. The Morgan fingerprint density at radius 2 is 1.97 bits per heavy atom. The molecule has 0 bridgehead atoms. The van der Waals surface area contributed by atoms with Gasteiger partial charge in [0, 0.05) is 41.3 Å². The van der Waals surface area contributed by atoms with Gasteiger partial charge >= 0.3 is 5.97 Å². The largest absolute Gasteiger partial charge is 0.478 e. The second-order valence-electron chi connectivity index (χ2n) is 7.11. The van der Waals surface area contributed by atoms with E-state index in [0.29, 0.717) is 5.56 Å². The molecule has 4 rings (SSSR count). The van der Waals surface area contributed by atoms with Gasteiger partial charge < -0.3 is 15.7 Å². The van der Waals surface area contributed by atoms with Gasteiger partial charge in [0.1, 0.15) is 0 Å². The third kappa shape index (κ3) is 5.26. The monoisotopic (exact) mass is 430 g/mol. The molecule has 4 aromatic rings. The first kappa shape index (κ1) is 20.6. The molecule has 2 heterocycles. The number of carboxylic acids is 1. The normalized spacial score (nSPS) is 10.6. The molecule has 31 heavy (non-hydrogen) atoms. The molecule has 0 atom stereocenters. The van der Waals surface area contributed by atoms with Crippen LogP contribution in [-0.4, -0.2) is 27.6 Å². The smallest absolute Gasteiger partial charge is 0.335 e. The second-order valence-corrected chi connectivity index (χ2v) is 7.97. The molecule has 3 N–H and O–H groups in total. The van der Waals surface area contributed by atoms with Gasteiger partial charge in [-0.1, -0.05) is 18.2 Å². The summed E-state index contributed by atoms with van der Waals surface area (Å²) in [6.45, 7) is 2.81. The number of aryl methyl sites for hydroxylation is 1. The summed E-state index contributed by atoms with van der Waals surface area (Å²) in [5.74, 6) is -0.905. The molecule has 0 saturated carbocycles. The maximum Gasteiger partial charge on any atom is 0.335 e. The lowest BCUT2D eigenvalue weighted by molar-refractivity contribution is 0.0697. The molecular weight excluding hydrogens is 408 g/mol. The minimum Gasteiger partial charge on any atom is -0.478 e. The van der Waals surface area contributed by atoms with Crippen LogP contribution < -0.4 is 10.6 Å². The van der Waals surface area contributed by atoms with Gasteiger partial charge in [-0.25, -0.2) is 9.78 Å². The van der Waals surface area contributed by atoms with Crippen molar-refractivity contribution in [2.45, 2.75) is 13.3 Å². The zero-order valence-corrected chi connectivity index (χ0v) is 17.8. The van der Waals surface area contributed by atoms with Gasteiger partial charge in [0.25, 0.3) is 0 Å². The highest BCUT2D eigenvalue weighted by Crippen LogP contribution is 2.29. The summed E-state index contributed by atoms with van der Waals surface area (Å²) in [4.78, 5) is 19.8. The lowest BCUT2D eigenvalue weighted by atomic mass is 10.1. The minimum atomic E-state index is -0.905. The number of aromatic nitrogens is 2. The second kappa shape index (κ2) is 9.40. The van der Waals surface area contributed by atoms with E-state index in [1.165, 1.54) is 0 Å². The van der Waals surface area contributed by atoms with Crippen LogP contribution in [0, 0.1) is 6.92 Å². The first-order chi connectivity index (χ1) is 15.1. The number of hydrogen-bond acceptors (Lipinski definition) is 6. The fourth-order valence-electron chi connectivity index (χ4n) is 3.13. The van der Waals surface area contributed by atoms with Crippen molar-refractivity contribution < 1.29 is 9.90 Å². The van der Waals surface area contributed by atoms with E-state index in [4.69, 9.17) is 5.11 Å². The van der Waals surface area contributed by atoms with Crippen molar-refractivity contribution in [1.82, 2.24) is 9.97 Å². The van der Waals surface area contributed by atoms with Crippen molar-refractivity contribution in [2.24, 2.45) is 0 Å². The third-order valence-electron chi connectivity index (χ3n) is 4.88. The molecule has 7 heteroatoms. The topological polar surface area (TPSA) is 87.1 Å². The predicted molar refractivity (Wildman–Crippen MR) is 125 cm³/mol. The van der Waals surface area contributed by atoms with Crippen LogP contribution in [0.25, 0.3) is 11.3 Å². The Morgan fingerprint density at radius 3 is 2.71 bits per heavy atom. The van der Waals surface area contributed by atoms with Gasteiger partial charge in [-0.2, -0.15) is 0 Å². The van der Waals surface area contributed by atoms with Crippen LogP contribution in [-0.2, 0) is 6.42 Å². The van der Waals surface area contributed by atoms with E-state index < -0.39 is 5.97 Å². The molecular formula is C24H22N4O2S. The fraction of sp³-hybridized carbons (Fsp3) is 0.125. The zero-order valence-electron chi connectivity index (χ0n) is 17.0. The fourth-order valence-corrected chi connectivity index (χ4v) is 3.86. The van der Waals surface area contributed by atoms with Crippen LogP contribution in [0.15, 0.2) is 72.4 Å². The first-order valence-corrected chi connectivity index (χ1v) is 10.8. The minimum absolute atomic E-state index is 0.305. The standard InChI is InChI=1S/C24H22N4O2S/c1-16-4-9-20(26-12-10-17-5-7-18(8-6-17)23(29)30)13-21(16)27-24-28-22(15-31-24)19-3-2-11-25-14-19/h2-9,11,13-15,26H,10,12H2,1H3,(H,27,28)(H,29,30). The molecule has 0 spiro atoms. The van der Waals surface area contributed by atoms with Gasteiger partial charge in [0.05, 0.1) is 11.3 Å². The lowest BCUT2D eigenvalue weighted by Crippen LogP contribution is -2.06. The van der Waals surface area contributed by atoms with Gasteiger partial charge in [0.2, 0.25) is 0 Å². The number of carbonyl (C=O) groups is 1. The Morgan fingerprint density at radius 1 is 1.13 bits per heavy atom. The van der Waals surface area contributed by atoms with Crippen molar-refractivity contribution in [1.29, 1.82) is 0 Å². The average molecular weight is 431 g/mol. The SMILES string of the molecule is Cc1ccc(NCCc2ccc(C(=O)O)cc2)cc1Nc1nc(-c2cccnc2)cs1. The molecule has 0 aliphatic carbocycles. The quantitative estimate of drug-likeness (QED) is 0.337. The Labute approximate surface area is 184 Å². The van der Waals surface area contributed by atoms with Crippen LogP contribution in [0.1, 0.15) is 21.5 Å². The molecule has 156 valence electrons. The Bertz CT molecular complexity index is 1170. The number of thiazole rings is 1. The Hall–Kier alpha value is -3.71. The van der Waals surface area contributed by atoms with E-state index in [9.17, 15) is 4.79 Å². The maximum absolute atomic E-state index is 11.0. The highest BCUT2D eigenvalue weighted by Gasteiger charge is 2.07. The number of pyridine rings is 1. The molecule has 0 amide bonds. The van der Waals surface area contributed by atoms with Crippen molar-refractivity contribution >= 4 is 33.8 Å². The number of aromatic carboxylic acids is 1. The third-order valence-corrected chi connectivity index (χ3v) is 5.64. The van der Waals surface area contributed by atoms with Crippen molar-refractivity contribution in [2.75, 3.05) is 17.2 Å². The van der Waals surface area contributed by atoms with Crippen LogP contribution >= 0.6 is 11.3 Å². The van der Waals surface area contributed by atoms with Gasteiger partial charge in [-0.05, 0) is 60.9 Å². The summed E-state index contributed by atoms with van der Waals surface area (Å²) < 4.78 is 0. The zero-order chi connectivity index (χ0) is 21.6. The van der Waals surface area contributed by atoms with Crippen LogP contribution in [0.5, 0.6) is 0 Å². The van der Waals surface area contributed by atoms with E-state index in [1.807, 2.05) is 35.8 Å². The molecule has 0 saturated heterocycles. The van der Waals surface area contributed by atoms with Gasteiger partial charge in [-0.3, -0.25) is 4.98 Å². The Balaban J connectivity index is 1.38. The van der Waals surface area contributed by atoms with E-state index in [-0.39, 0.29) is 0 Å². The number of nitrogens with one attached hydrogen (secondary N) is 2. The van der Waals surface area contributed by atoms with E-state index in [0.717, 1.165) is 51.9 Å². The average Bonchev–Trinajstić information content (AvgIpc) is 3.25. The number of nitrogens with zero attached hydrogens (tertiary/aromatic N) is 2. The van der Waals surface area contributed by atoms with Gasteiger partial charge in [-0.15, -0.1) is 11.3 Å². The molecule has 0 aliphatic heterocycles. The van der Waals surface area contributed by atoms with Crippen molar-refractivity contribution in [3.8, 4) is 11.3 Å². The van der Waals surface area contributed by atoms with Crippen molar-refractivity contribution in [3.05, 3.63) is 89.1 Å². The molecule has 0 aliphatic rings. The van der Waals surface area contributed by atoms with Crippen molar-refractivity contribution in [3.63, 3.8) is 0 Å². The summed E-state index contributed by atoms with van der Waals surface area (Å²) >= 11 is 1.56. The van der Waals surface area contributed by atoms with Crippen LogP contribution in [0.4, 0.5) is 16.5 Å². The number of benzene rings is 2.